The fraction of sp³-hybridized carbons (Fsp3) is 0.533. The molecule has 0 aliphatic heterocycles. The minimum absolute atomic E-state index is 0. The average molecular weight is 394 g/mol. The quantitative estimate of drug-likeness (QED) is 0.690. The molecule has 0 spiro atoms. The molecule has 1 aliphatic rings. The van der Waals surface area contributed by atoms with Crippen LogP contribution in [0.3, 0.4) is 0 Å². The predicted molar refractivity (Wildman–Crippen MR) is 91.3 cm³/mol. The Bertz CT molecular complexity index is 495. The van der Waals surface area contributed by atoms with Crippen LogP contribution in [0.15, 0.2) is 28.7 Å². The van der Waals surface area contributed by atoms with Crippen LogP contribution >= 0.6 is 28.3 Å². The zero-order valence-electron chi connectivity index (χ0n) is 12.3. The van der Waals surface area contributed by atoms with E-state index in [1.807, 2.05) is 24.3 Å². The number of carbonyl (C=O) groups excluding carboxylic acids is 1. The monoisotopic (exact) mass is 392 g/mol. The number of nitrogens with two attached hydrogens (primary N) is 1. The predicted octanol–water partition coefficient (Wildman–Crippen LogP) is 2.00. The maximum absolute atomic E-state index is 12.0. The molecule has 0 radical (unpaired) electrons. The van der Waals surface area contributed by atoms with E-state index in [0.717, 1.165) is 17.3 Å². The lowest BCUT2D eigenvalue weighted by Gasteiger charge is -2.23. The van der Waals surface area contributed by atoms with Gasteiger partial charge in [-0.15, -0.1) is 12.4 Å². The van der Waals surface area contributed by atoms with Crippen molar-refractivity contribution in [3.05, 3.63) is 28.7 Å². The van der Waals surface area contributed by atoms with Crippen LogP contribution in [-0.2, 0) is 4.79 Å². The van der Waals surface area contributed by atoms with E-state index in [2.05, 4.69) is 21.2 Å². The second kappa shape index (κ2) is 8.72. The maximum atomic E-state index is 12.0. The van der Waals surface area contributed by atoms with Crippen LogP contribution < -0.4 is 15.8 Å². The zero-order chi connectivity index (χ0) is 15.3. The standard InChI is InChI=1S/C15H21BrN2O3.ClH/c16-12-5-1-2-6-13(12)21-10-11(19)9-18-14(20)15(17)7-3-4-8-15;/h1-2,5-6,11,19H,3-4,7-10,17H2,(H,18,20);1H. The highest BCUT2D eigenvalue weighted by Gasteiger charge is 2.36. The number of hydrogen-bond donors (Lipinski definition) is 3. The van der Waals surface area contributed by atoms with Crippen molar-refractivity contribution in [1.82, 2.24) is 5.32 Å². The molecule has 1 saturated carbocycles. The average Bonchev–Trinajstić information content (AvgIpc) is 2.92. The number of aliphatic hydroxyl groups is 1. The molecular weight excluding hydrogens is 372 g/mol. The summed E-state index contributed by atoms with van der Waals surface area (Å²) in [5, 5.41) is 12.6. The van der Waals surface area contributed by atoms with Crippen molar-refractivity contribution >= 4 is 34.2 Å². The Morgan fingerprint density at radius 1 is 1.41 bits per heavy atom. The molecule has 7 heteroatoms. The summed E-state index contributed by atoms with van der Waals surface area (Å²) in [6.07, 6.45) is 2.62. The highest BCUT2D eigenvalue weighted by atomic mass is 79.9. The van der Waals surface area contributed by atoms with Gasteiger partial charge in [0, 0.05) is 6.54 Å². The molecule has 0 aromatic heterocycles. The van der Waals surface area contributed by atoms with Crippen molar-refractivity contribution in [2.24, 2.45) is 5.73 Å². The molecule has 1 amide bonds. The van der Waals surface area contributed by atoms with Crippen LogP contribution in [0.4, 0.5) is 0 Å². The van der Waals surface area contributed by atoms with Crippen molar-refractivity contribution in [1.29, 1.82) is 0 Å². The van der Waals surface area contributed by atoms with Crippen molar-refractivity contribution in [3.63, 3.8) is 0 Å². The normalized spacial score (nSPS) is 17.4. The second-order valence-corrected chi connectivity index (χ2v) is 6.32. The van der Waals surface area contributed by atoms with Crippen LogP contribution in [0.1, 0.15) is 25.7 Å². The topological polar surface area (TPSA) is 84.6 Å². The largest absolute Gasteiger partial charge is 0.490 e. The summed E-state index contributed by atoms with van der Waals surface area (Å²) >= 11 is 3.37. The summed E-state index contributed by atoms with van der Waals surface area (Å²) in [6, 6.07) is 7.41. The van der Waals surface area contributed by atoms with Gasteiger partial charge >= 0.3 is 0 Å². The fourth-order valence-corrected chi connectivity index (χ4v) is 2.83. The molecule has 1 aliphatic carbocycles. The van der Waals surface area contributed by atoms with Gasteiger partial charge in [0.2, 0.25) is 5.91 Å². The molecule has 5 nitrogen and oxygen atoms in total. The van der Waals surface area contributed by atoms with E-state index in [9.17, 15) is 9.90 Å². The highest BCUT2D eigenvalue weighted by Crippen LogP contribution is 2.27. The number of rotatable bonds is 6. The van der Waals surface area contributed by atoms with Gasteiger partial charge in [-0.05, 0) is 40.9 Å². The molecule has 1 fully saturated rings. The van der Waals surface area contributed by atoms with Gasteiger partial charge in [0.05, 0.1) is 10.0 Å². The molecule has 22 heavy (non-hydrogen) atoms. The molecule has 1 unspecified atom stereocenters. The zero-order valence-corrected chi connectivity index (χ0v) is 14.7. The summed E-state index contributed by atoms with van der Waals surface area (Å²) in [5.41, 5.74) is 5.28. The molecule has 0 bridgehead atoms. The van der Waals surface area contributed by atoms with Crippen molar-refractivity contribution in [2.75, 3.05) is 13.2 Å². The van der Waals surface area contributed by atoms with Crippen LogP contribution in [-0.4, -0.2) is 35.8 Å². The Balaban J connectivity index is 0.00000242. The minimum Gasteiger partial charge on any atom is -0.490 e. The van der Waals surface area contributed by atoms with E-state index in [1.54, 1.807) is 0 Å². The van der Waals surface area contributed by atoms with E-state index >= 15 is 0 Å². The Morgan fingerprint density at radius 2 is 2.05 bits per heavy atom. The van der Waals surface area contributed by atoms with Crippen LogP contribution in [0.5, 0.6) is 5.75 Å². The molecular formula is C15H22BrClN2O3. The highest BCUT2D eigenvalue weighted by molar-refractivity contribution is 9.10. The molecule has 124 valence electrons. The SMILES string of the molecule is Cl.NC1(C(=O)NCC(O)COc2ccccc2Br)CCCC1. The van der Waals surface area contributed by atoms with Gasteiger partial charge in [0.1, 0.15) is 18.5 Å². The van der Waals surface area contributed by atoms with E-state index in [-0.39, 0.29) is 31.5 Å². The summed E-state index contributed by atoms with van der Waals surface area (Å²) < 4.78 is 6.33. The number of nitrogens with one attached hydrogen (secondary N) is 1. The van der Waals surface area contributed by atoms with Gasteiger partial charge in [-0.25, -0.2) is 0 Å². The number of halogens is 2. The minimum atomic E-state index is -0.772. The first-order chi connectivity index (χ1) is 10.0. The van der Waals surface area contributed by atoms with Crippen LogP contribution in [0, 0.1) is 0 Å². The van der Waals surface area contributed by atoms with Gasteiger partial charge in [0.15, 0.2) is 0 Å². The number of aliphatic hydroxyl groups excluding tert-OH is 1. The maximum Gasteiger partial charge on any atom is 0.240 e. The molecule has 0 heterocycles. The van der Waals surface area contributed by atoms with Gasteiger partial charge in [0.25, 0.3) is 0 Å². The third-order valence-corrected chi connectivity index (χ3v) is 4.37. The third kappa shape index (κ3) is 5.12. The van der Waals surface area contributed by atoms with Crippen molar-refractivity contribution in [3.8, 4) is 5.75 Å². The number of para-hydroxylation sites is 1. The number of ether oxygens (including phenoxy) is 1. The van der Waals surface area contributed by atoms with Gasteiger partial charge in [-0.2, -0.15) is 0 Å². The van der Waals surface area contributed by atoms with Gasteiger partial charge < -0.3 is 20.9 Å². The van der Waals surface area contributed by atoms with Gasteiger partial charge in [-0.1, -0.05) is 25.0 Å². The van der Waals surface area contributed by atoms with Crippen LogP contribution in [0.2, 0.25) is 0 Å². The lowest BCUT2D eigenvalue weighted by Crippen LogP contribution is -2.53. The first-order valence-corrected chi connectivity index (χ1v) is 7.93. The Morgan fingerprint density at radius 3 is 2.68 bits per heavy atom. The lowest BCUT2D eigenvalue weighted by atomic mass is 9.98. The van der Waals surface area contributed by atoms with E-state index in [1.165, 1.54) is 0 Å². The lowest BCUT2D eigenvalue weighted by molar-refractivity contribution is -0.126. The van der Waals surface area contributed by atoms with Crippen molar-refractivity contribution in [2.45, 2.75) is 37.3 Å². The Kier molecular flexibility index (Phi) is 7.62. The van der Waals surface area contributed by atoms with Crippen LogP contribution in [0.25, 0.3) is 0 Å². The molecule has 4 N–H and O–H groups in total. The van der Waals surface area contributed by atoms with E-state index < -0.39 is 11.6 Å². The molecule has 1 atom stereocenters. The number of benzene rings is 1. The summed E-state index contributed by atoms with van der Waals surface area (Å²) in [4.78, 5) is 12.0. The molecule has 0 saturated heterocycles. The molecule has 2 rings (SSSR count). The number of hydrogen-bond acceptors (Lipinski definition) is 4. The Labute approximate surface area is 145 Å². The van der Waals surface area contributed by atoms with Gasteiger partial charge in [-0.3, -0.25) is 4.79 Å². The fourth-order valence-electron chi connectivity index (χ4n) is 2.43. The van der Waals surface area contributed by atoms with E-state index in [0.29, 0.717) is 18.6 Å². The Hall–Kier alpha value is -0.820. The summed E-state index contributed by atoms with van der Waals surface area (Å²) in [7, 11) is 0. The summed E-state index contributed by atoms with van der Waals surface area (Å²) in [6.45, 7) is 0.253. The van der Waals surface area contributed by atoms with E-state index in [4.69, 9.17) is 10.5 Å². The molecule has 1 aromatic carbocycles. The first-order valence-electron chi connectivity index (χ1n) is 7.14. The summed E-state index contributed by atoms with van der Waals surface area (Å²) in [5.74, 6) is 0.480. The first kappa shape index (κ1) is 19.2. The van der Waals surface area contributed by atoms with Crippen molar-refractivity contribution < 1.29 is 14.6 Å². The molecule has 1 aromatic rings. The third-order valence-electron chi connectivity index (χ3n) is 3.71. The second-order valence-electron chi connectivity index (χ2n) is 5.47. The number of carbonyl (C=O) groups is 1. The smallest absolute Gasteiger partial charge is 0.240 e. The number of amides is 1.